The molecule has 106 valence electrons. The number of H-pyrrole nitrogens is 1. The van der Waals surface area contributed by atoms with Crippen LogP contribution in [0.25, 0.3) is 11.0 Å². The molecule has 2 rings (SSSR count). The van der Waals surface area contributed by atoms with E-state index in [0.717, 1.165) is 17.7 Å². The van der Waals surface area contributed by atoms with Gasteiger partial charge in [-0.1, -0.05) is 0 Å². The number of ketones is 1. The summed E-state index contributed by atoms with van der Waals surface area (Å²) in [5, 5.41) is 8.91. The molecule has 1 heterocycles. The molecule has 1 aromatic heterocycles. The minimum absolute atomic E-state index is 0.0818. The minimum atomic E-state index is -1.10. The first-order valence-electron chi connectivity index (χ1n) is 6.28. The Bertz CT molecular complexity index is 664. The van der Waals surface area contributed by atoms with Gasteiger partial charge >= 0.3 is 5.97 Å². The SMILES string of the molecule is CSCCCC(=O)c1cc2nc(C(=O)O)[nH]c2cc1C. The van der Waals surface area contributed by atoms with Crippen LogP contribution in [0.5, 0.6) is 0 Å². The molecule has 0 aliphatic rings. The zero-order valence-electron chi connectivity index (χ0n) is 11.4. The molecule has 0 fully saturated rings. The molecular weight excluding hydrogens is 276 g/mol. The fourth-order valence-electron chi connectivity index (χ4n) is 2.08. The van der Waals surface area contributed by atoms with Crippen molar-refractivity contribution in [3.8, 4) is 0 Å². The van der Waals surface area contributed by atoms with Crippen molar-refractivity contribution in [2.75, 3.05) is 12.0 Å². The third-order valence-electron chi connectivity index (χ3n) is 3.08. The number of nitrogens with one attached hydrogen (secondary N) is 1. The van der Waals surface area contributed by atoms with Gasteiger partial charge in [0.2, 0.25) is 5.82 Å². The standard InChI is InChI=1S/C14H16N2O3S/c1-8-6-10-11(16-13(15-10)14(18)19)7-9(8)12(17)4-3-5-20-2/h6-7H,3-5H2,1-2H3,(H,15,16)(H,18,19). The number of rotatable bonds is 6. The van der Waals surface area contributed by atoms with Crippen LogP contribution in [0, 0.1) is 6.92 Å². The van der Waals surface area contributed by atoms with E-state index in [0.29, 0.717) is 23.0 Å². The molecule has 0 saturated carbocycles. The van der Waals surface area contributed by atoms with E-state index in [2.05, 4.69) is 9.97 Å². The zero-order valence-corrected chi connectivity index (χ0v) is 12.2. The summed E-state index contributed by atoms with van der Waals surface area (Å²) in [4.78, 5) is 29.8. The number of aromatic amines is 1. The van der Waals surface area contributed by atoms with Crippen LogP contribution < -0.4 is 0 Å². The highest BCUT2D eigenvalue weighted by Gasteiger charge is 2.14. The molecule has 0 spiro atoms. The van der Waals surface area contributed by atoms with Gasteiger partial charge in [0.15, 0.2) is 5.78 Å². The molecule has 2 N–H and O–H groups in total. The van der Waals surface area contributed by atoms with Gasteiger partial charge in [0, 0.05) is 12.0 Å². The second-order valence-electron chi connectivity index (χ2n) is 4.59. The van der Waals surface area contributed by atoms with Crippen LogP contribution in [0.3, 0.4) is 0 Å². The van der Waals surface area contributed by atoms with Crippen molar-refractivity contribution in [2.45, 2.75) is 19.8 Å². The minimum Gasteiger partial charge on any atom is -0.475 e. The summed E-state index contributed by atoms with van der Waals surface area (Å²) < 4.78 is 0. The van der Waals surface area contributed by atoms with Crippen LogP contribution in [0.15, 0.2) is 12.1 Å². The maximum atomic E-state index is 12.2. The summed E-state index contributed by atoms with van der Waals surface area (Å²) in [5.41, 5.74) is 2.62. The number of aryl methyl sites for hydroxylation is 1. The Morgan fingerprint density at radius 1 is 1.40 bits per heavy atom. The molecule has 0 bridgehead atoms. The van der Waals surface area contributed by atoms with Crippen LogP contribution >= 0.6 is 11.8 Å². The van der Waals surface area contributed by atoms with Crippen molar-refractivity contribution < 1.29 is 14.7 Å². The summed E-state index contributed by atoms with van der Waals surface area (Å²) in [6.07, 6.45) is 3.36. The van der Waals surface area contributed by atoms with Crippen LogP contribution in [-0.4, -0.2) is 38.8 Å². The fraction of sp³-hybridized carbons (Fsp3) is 0.357. The highest BCUT2D eigenvalue weighted by Crippen LogP contribution is 2.20. The van der Waals surface area contributed by atoms with E-state index < -0.39 is 5.97 Å². The van der Waals surface area contributed by atoms with E-state index in [9.17, 15) is 9.59 Å². The molecule has 0 saturated heterocycles. The Labute approximate surface area is 120 Å². The quantitative estimate of drug-likeness (QED) is 0.632. The number of carbonyl (C=O) groups excluding carboxylic acids is 1. The number of Topliss-reactive ketones (excluding diaryl/α,β-unsaturated/α-hetero) is 1. The summed E-state index contributed by atoms with van der Waals surface area (Å²) >= 11 is 1.72. The summed E-state index contributed by atoms with van der Waals surface area (Å²) in [7, 11) is 0. The van der Waals surface area contributed by atoms with E-state index in [4.69, 9.17) is 5.11 Å². The lowest BCUT2D eigenvalue weighted by atomic mass is 10.0. The summed E-state index contributed by atoms with van der Waals surface area (Å²) in [5.74, 6) is -0.171. The van der Waals surface area contributed by atoms with Gasteiger partial charge in [-0.2, -0.15) is 11.8 Å². The van der Waals surface area contributed by atoms with Gasteiger partial charge in [-0.05, 0) is 43.0 Å². The normalized spacial score (nSPS) is 10.9. The number of carboxylic acids is 1. The van der Waals surface area contributed by atoms with E-state index in [1.807, 2.05) is 13.2 Å². The first-order chi connectivity index (χ1) is 9.52. The predicted molar refractivity (Wildman–Crippen MR) is 79.7 cm³/mol. The molecule has 0 aliphatic heterocycles. The van der Waals surface area contributed by atoms with Crippen LogP contribution in [0.4, 0.5) is 0 Å². The third-order valence-corrected chi connectivity index (χ3v) is 3.78. The number of hydrogen-bond donors (Lipinski definition) is 2. The van der Waals surface area contributed by atoms with Gasteiger partial charge in [0.1, 0.15) is 0 Å². The second kappa shape index (κ2) is 6.09. The predicted octanol–water partition coefficient (Wildman–Crippen LogP) is 2.90. The highest BCUT2D eigenvalue weighted by atomic mass is 32.2. The molecule has 2 aromatic rings. The Morgan fingerprint density at radius 2 is 2.15 bits per heavy atom. The number of carbonyl (C=O) groups is 2. The van der Waals surface area contributed by atoms with Crippen molar-refractivity contribution in [1.82, 2.24) is 9.97 Å². The number of hydrogen-bond acceptors (Lipinski definition) is 4. The van der Waals surface area contributed by atoms with Crippen molar-refractivity contribution in [1.29, 1.82) is 0 Å². The average molecular weight is 292 g/mol. The van der Waals surface area contributed by atoms with Gasteiger partial charge in [-0.3, -0.25) is 4.79 Å². The first kappa shape index (κ1) is 14.6. The number of aromatic carboxylic acids is 1. The first-order valence-corrected chi connectivity index (χ1v) is 7.68. The highest BCUT2D eigenvalue weighted by molar-refractivity contribution is 7.98. The van der Waals surface area contributed by atoms with Gasteiger partial charge in [-0.25, -0.2) is 9.78 Å². The molecule has 0 atom stereocenters. The Balaban J connectivity index is 2.31. The topological polar surface area (TPSA) is 83.1 Å². The molecule has 0 amide bonds. The average Bonchev–Trinajstić information content (AvgIpc) is 2.80. The van der Waals surface area contributed by atoms with Crippen molar-refractivity contribution in [2.24, 2.45) is 0 Å². The van der Waals surface area contributed by atoms with Gasteiger partial charge in [-0.15, -0.1) is 0 Å². The smallest absolute Gasteiger partial charge is 0.371 e. The Kier molecular flexibility index (Phi) is 4.44. The van der Waals surface area contributed by atoms with Crippen LogP contribution in [0.2, 0.25) is 0 Å². The molecule has 0 radical (unpaired) electrons. The van der Waals surface area contributed by atoms with E-state index in [1.54, 1.807) is 23.9 Å². The molecule has 20 heavy (non-hydrogen) atoms. The largest absolute Gasteiger partial charge is 0.475 e. The van der Waals surface area contributed by atoms with Crippen molar-refractivity contribution >= 4 is 34.5 Å². The number of imidazole rings is 1. The zero-order chi connectivity index (χ0) is 14.7. The number of fused-ring (bicyclic) bond motifs is 1. The van der Waals surface area contributed by atoms with Crippen molar-refractivity contribution in [3.05, 3.63) is 29.1 Å². The molecule has 0 unspecified atom stereocenters. The van der Waals surface area contributed by atoms with Gasteiger partial charge in [0.25, 0.3) is 0 Å². The Hall–Kier alpha value is -1.82. The lowest BCUT2D eigenvalue weighted by molar-refractivity contribution is 0.0685. The number of thioether (sulfide) groups is 1. The maximum absolute atomic E-state index is 12.2. The Morgan fingerprint density at radius 3 is 2.80 bits per heavy atom. The molecule has 1 aromatic carbocycles. The molecule has 6 heteroatoms. The van der Waals surface area contributed by atoms with Crippen molar-refractivity contribution in [3.63, 3.8) is 0 Å². The fourth-order valence-corrected chi connectivity index (χ4v) is 2.51. The molecular formula is C14H16N2O3S. The number of benzene rings is 1. The second-order valence-corrected chi connectivity index (χ2v) is 5.58. The summed E-state index contributed by atoms with van der Waals surface area (Å²) in [6, 6.07) is 3.45. The molecule has 5 nitrogen and oxygen atoms in total. The van der Waals surface area contributed by atoms with E-state index >= 15 is 0 Å². The van der Waals surface area contributed by atoms with Gasteiger partial charge in [0.05, 0.1) is 11.0 Å². The van der Waals surface area contributed by atoms with E-state index in [1.165, 1.54) is 0 Å². The van der Waals surface area contributed by atoms with Gasteiger partial charge < -0.3 is 10.1 Å². The lowest BCUT2D eigenvalue weighted by Gasteiger charge is -2.04. The molecule has 0 aliphatic carbocycles. The number of nitrogens with zero attached hydrogens (tertiary/aromatic N) is 1. The lowest BCUT2D eigenvalue weighted by Crippen LogP contribution is -2.02. The van der Waals surface area contributed by atoms with Crippen LogP contribution in [-0.2, 0) is 0 Å². The van der Waals surface area contributed by atoms with Crippen LogP contribution in [0.1, 0.15) is 39.4 Å². The van der Waals surface area contributed by atoms with E-state index in [-0.39, 0.29) is 11.6 Å². The summed E-state index contributed by atoms with van der Waals surface area (Å²) in [6.45, 7) is 1.85. The number of aromatic nitrogens is 2. The monoisotopic (exact) mass is 292 g/mol. The number of carboxylic acid groups (broad SMARTS) is 1. The maximum Gasteiger partial charge on any atom is 0.371 e. The third kappa shape index (κ3) is 3.01.